The molecule has 0 heterocycles. The van der Waals surface area contributed by atoms with Crippen LogP contribution in [-0.4, -0.2) is 28.8 Å². The summed E-state index contributed by atoms with van der Waals surface area (Å²) in [6.07, 6.45) is -0.263. The second kappa shape index (κ2) is 12.0. The summed E-state index contributed by atoms with van der Waals surface area (Å²) in [7, 11) is -5.44. The van der Waals surface area contributed by atoms with Gasteiger partial charge in [-0.05, 0) is 44.7 Å². The van der Waals surface area contributed by atoms with E-state index in [1.165, 1.54) is 20.7 Å². The molecule has 40 heavy (non-hydrogen) atoms. The molecule has 0 unspecified atom stereocenters. The Morgan fingerprint density at radius 1 is 0.400 bits per heavy atom. The van der Waals surface area contributed by atoms with Gasteiger partial charge in [0.05, 0.1) is 12.2 Å². The number of hydrogen-bond donors (Lipinski definition) is 0. The van der Waals surface area contributed by atoms with E-state index < -0.39 is 16.6 Å². The lowest BCUT2D eigenvalue weighted by atomic mass is 10.2. The minimum Gasteiger partial charge on any atom is -0.402 e. The van der Waals surface area contributed by atoms with E-state index in [9.17, 15) is 0 Å². The average molecular weight is 567 g/mol. The zero-order chi connectivity index (χ0) is 29.0. The van der Waals surface area contributed by atoms with E-state index in [4.69, 9.17) is 8.85 Å². The number of hydrogen-bond acceptors (Lipinski definition) is 2. The molecule has 4 rings (SSSR count). The second-order valence-corrected chi connectivity index (χ2v) is 21.5. The van der Waals surface area contributed by atoms with Gasteiger partial charge in [0.15, 0.2) is 0 Å². The lowest BCUT2D eigenvalue weighted by molar-refractivity contribution is 0.0641. The molecule has 0 aliphatic carbocycles. The van der Waals surface area contributed by atoms with Crippen molar-refractivity contribution < 1.29 is 8.85 Å². The molecule has 0 aromatic heterocycles. The molecule has 0 saturated heterocycles. The van der Waals surface area contributed by atoms with E-state index in [0.717, 1.165) is 0 Å². The smallest absolute Gasteiger partial charge is 0.261 e. The first-order valence-electron chi connectivity index (χ1n) is 14.5. The molecule has 0 aliphatic rings. The maximum absolute atomic E-state index is 7.50. The van der Waals surface area contributed by atoms with Crippen LogP contribution in [0.5, 0.6) is 0 Å². The lowest BCUT2D eigenvalue weighted by Gasteiger charge is -2.48. The minimum atomic E-state index is -2.72. The third-order valence-corrected chi connectivity index (χ3v) is 18.5. The maximum atomic E-state index is 7.50. The van der Waals surface area contributed by atoms with Crippen molar-refractivity contribution in [1.82, 2.24) is 0 Å². The van der Waals surface area contributed by atoms with Crippen LogP contribution in [0.15, 0.2) is 121 Å². The summed E-state index contributed by atoms with van der Waals surface area (Å²) < 4.78 is 15.0. The fraction of sp³-hybridized carbons (Fsp3) is 0.333. The fourth-order valence-corrected chi connectivity index (χ4v) is 15.7. The Kier molecular flexibility index (Phi) is 9.06. The molecule has 0 aliphatic heterocycles. The van der Waals surface area contributed by atoms with Gasteiger partial charge in [-0.15, -0.1) is 0 Å². The molecule has 2 nitrogen and oxygen atoms in total. The quantitative estimate of drug-likeness (QED) is 0.205. The molecule has 0 amide bonds. The molecule has 4 aromatic rings. The summed E-state index contributed by atoms with van der Waals surface area (Å²) >= 11 is 0. The van der Waals surface area contributed by atoms with Crippen molar-refractivity contribution >= 4 is 37.4 Å². The van der Waals surface area contributed by atoms with Crippen LogP contribution < -0.4 is 20.7 Å². The highest BCUT2D eigenvalue weighted by Crippen LogP contribution is 2.40. The third-order valence-electron chi connectivity index (χ3n) is 8.22. The molecule has 0 bridgehead atoms. The van der Waals surface area contributed by atoms with Gasteiger partial charge in [-0.1, -0.05) is 163 Å². The van der Waals surface area contributed by atoms with Crippen molar-refractivity contribution in [3.05, 3.63) is 121 Å². The summed E-state index contributed by atoms with van der Waals surface area (Å²) in [5.41, 5.74) is 0. The Balaban J connectivity index is 1.82. The van der Waals surface area contributed by atoms with E-state index in [2.05, 4.69) is 177 Å². The van der Waals surface area contributed by atoms with Crippen LogP contribution in [0.3, 0.4) is 0 Å². The summed E-state index contributed by atoms with van der Waals surface area (Å²) in [4.78, 5) is 0. The molecule has 0 N–H and O–H groups in total. The van der Waals surface area contributed by atoms with Crippen molar-refractivity contribution in [2.75, 3.05) is 0 Å². The summed E-state index contributed by atoms with van der Waals surface area (Å²) in [5.74, 6) is 0. The summed E-state index contributed by atoms with van der Waals surface area (Å²) in [6, 6.07) is 43.5. The van der Waals surface area contributed by atoms with Gasteiger partial charge < -0.3 is 8.85 Å². The molecule has 0 spiro atoms. The first kappa shape index (κ1) is 30.2. The molecule has 210 valence electrons. The van der Waals surface area contributed by atoms with Crippen LogP contribution in [0.1, 0.15) is 55.4 Å². The molecule has 2 atom stereocenters. The molecular weight excluding hydrogens is 521 g/mol. The standard InChI is InChI=1S/C36H46O2Si2/c1-29(37-39(35(3,4)5,31-21-13-9-14-22-31)32-23-15-10-16-24-32)30(2)38-40(36(6,7)8,33-25-17-11-18-26-33)34-27-19-12-20-28-34/h9-30H,1-8H3/t29-,30-/m1/s1. The highest BCUT2D eigenvalue weighted by Gasteiger charge is 2.54. The molecule has 0 radical (unpaired) electrons. The van der Waals surface area contributed by atoms with Gasteiger partial charge >= 0.3 is 0 Å². The third kappa shape index (κ3) is 5.68. The van der Waals surface area contributed by atoms with Gasteiger partial charge in [0.2, 0.25) is 0 Å². The van der Waals surface area contributed by atoms with Gasteiger partial charge in [-0.3, -0.25) is 0 Å². The summed E-state index contributed by atoms with van der Waals surface area (Å²) in [5, 5.41) is 4.97. The van der Waals surface area contributed by atoms with E-state index in [-0.39, 0.29) is 22.3 Å². The van der Waals surface area contributed by atoms with Gasteiger partial charge in [0, 0.05) is 0 Å². The Bertz CT molecular complexity index is 1140. The van der Waals surface area contributed by atoms with Gasteiger partial charge in [-0.2, -0.15) is 0 Å². The topological polar surface area (TPSA) is 18.5 Å². The van der Waals surface area contributed by atoms with E-state index in [0.29, 0.717) is 0 Å². The van der Waals surface area contributed by atoms with Gasteiger partial charge in [0.25, 0.3) is 16.6 Å². The monoisotopic (exact) mass is 566 g/mol. The van der Waals surface area contributed by atoms with Crippen molar-refractivity contribution in [1.29, 1.82) is 0 Å². The predicted molar refractivity (Wildman–Crippen MR) is 176 cm³/mol. The molecule has 0 fully saturated rings. The van der Waals surface area contributed by atoms with Crippen LogP contribution >= 0.6 is 0 Å². The first-order valence-corrected chi connectivity index (χ1v) is 18.3. The van der Waals surface area contributed by atoms with E-state index in [1.807, 2.05) is 0 Å². The van der Waals surface area contributed by atoms with E-state index in [1.54, 1.807) is 0 Å². The molecule has 4 heteroatoms. The Hall–Kier alpha value is -2.77. The van der Waals surface area contributed by atoms with Crippen molar-refractivity contribution in [2.45, 2.75) is 77.7 Å². The SMILES string of the molecule is C[C@@H](O[Si](c1ccccc1)(c1ccccc1)C(C)(C)C)[C@@H](C)O[Si](c1ccccc1)(c1ccccc1)C(C)(C)C. The second-order valence-electron chi connectivity index (χ2n) is 13.0. The average Bonchev–Trinajstić information content (AvgIpc) is 2.95. The van der Waals surface area contributed by atoms with Gasteiger partial charge in [-0.25, -0.2) is 0 Å². The highest BCUT2D eigenvalue weighted by atomic mass is 28.4. The van der Waals surface area contributed by atoms with Crippen LogP contribution in [0.25, 0.3) is 0 Å². The molecular formula is C36H46O2Si2. The number of rotatable bonds is 9. The first-order chi connectivity index (χ1) is 18.9. The Morgan fingerprint density at radius 3 is 0.775 bits per heavy atom. The molecule has 0 saturated carbocycles. The van der Waals surface area contributed by atoms with Crippen LogP contribution in [0.4, 0.5) is 0 Å². The maximum Gasteiger partial charge on any atom is 0.261 e. The minimum absolute atomic E-state index is 0.0961. The van der Waals surface area contributed by atoms with E-state index >= 15 is 0 Å². The predicted octanol–water partition coefficient (Wildman–Crippen LogP) is 6.92. The van der Waals surface area contributed by atoms with Crippen molar-refractivity contribution in [3.8, 4) is 0 Å². The van der Waals surface area contributed by atoms with Crippen LogP contribution in [0, 0.1) is 0 Å². The normalized spacial score (nSPS) is 14.5. The highest BCUT2D eigenvalue weighted by molar-refractivity contribution is 7.00. The van der Waals surface area contributed by atoms with Crippen LogP contribution in [-0.2, 0) is 8.85 Å². The molecule has 4 aromatic carbocycles. The van der Waals surface area contributed by atoms with Gasteiger partial charge in [0.1, 0.15) is 0 Å². The lowest BCUT2D eigenvalue weighted by Crippen LogP contribution is -2.70. The summed E-state index contributed by atoms with van der Waals surface area (Å²) in [6.45, 7) is 18.4. The Labute approximate surface area is 244 Å². The zero-order valence-electron chi connectivity index (χ0n) is 25.5. The van der Waals surface area contributed by atoms with Crippen molar-refractivity contribution in [2.24, 2.45) is 0 Å². The fourth-order valence-electron chi connectivity index (χ4n) is 6.13. The van der Waals surface area contributed by atoms with Crippen LogP contribution in [0.2, 0.25) is 10.1 Å². The zero-order valence-corrected chi connectivity index (χ0v) is 27.5. The van der Waals surface area contributed by atoms with Crippen molar-refractivity contribution in [3.63, 3.8) is 0 Å². The largest absolute Gasteiger partial charge is 0.402 e. The number of benzene rings is 4. The Morgan fingerprint density at radius 2 is 0.600 bits per heavy atom.